The lowest BCUT2D eigenvalue weighted by Gasteiger charge is -2.33. The van der Waals surface area contributed by atoms with Gasteiger partial charge in [0.1, 0.15) is 0 Å². The van der Waals surface area contributed by atoms with Crippen molar-refractivity contribution in [2.75, 3.05) is 13.2 Å². The average Bonchev–Trinajstić information content (AvgIpc) is 2.03. The van der Waals surface area contributed by atoms with E-state index in [-0.39, 0.29) is 5.41 Å². The minimum absolute atomic E-state index is 0.278. The van der Waals surface area contributed by atoms with Crippen LogP contribution < -0.4 is 10.6 Å². The molecule has 2 N–H and O–H groups in total. The van der Waals surface area contributed by atoms with Crippen LogP contribution in [0.1, 0.15) is 34.6 Å². The van der Waals surface area contributed by atoms with Crippen molar-refractivity contribution in [1.29, 1.82) is 0 Å². The molecule has 76 valence electrons. The second kappa shape index (κ2) is 3.70. The van der Waals surface area contributed by atoms with E-state index < -0.39 is 0 Å². The van der Waals surface area contributed by atoms with Crippen LogP contribution in [0.25, 0.3) is 0 Å². The largest absolute Gasteiger partial charge is 0.376 e. The number of rotatable bonds is 1. The van der Waals surface area contributed by atoms with Crippen molar-refractivity contribution >= 4 is 0 Å². The molecule has 0 aromatic heterocycles. The highest BCUT2D eigenvalue weighted by atomic mass is 15.1. The van der Waals surface area contributed by atoms with Gasteiger partial charge in [-0.25, -0.2) is 0 Å². The molecule has 13 heavy (non-hydrogen) atoms. The smallest absolute Gasteiger partial charge is 0.0652 e. The summed E-state index contributed by atoms with van der Waals surface area (Å²) < 4.78 is 0. The Morgan fingerprint density at radius 1 is 1.23 bits per heavy atom. The molecule has 0 radical (unpaired) electrons. The fourth-order valence-electron chi connectivity index (χ4n) is 1.77. The molecule has 1 rings (SSSR count). The molecule has 0 aromatic rings. The van der Waals surface area contributed by atoms with Gasteiger partial charge in [-0.1, -0.05) is 34.6 Å². The van der Waals surface area contributed by atoms with E-state index >= 15 is 0 Å². The normalized spacial score (nSPS) is 19.2. The van der Waals surface area contributed by atoms with Crippen molar-refractivity contribution in [1.82, 2.24) is 10.6 Å². The summed E-state index contributed by atoms with van der Waals surface area (Å²) in [6.07, 6.45) is 0. The zero-order valence-corrected chi connectivity index (χ0v) is 9.49. The van der Waals surface area contributed by atoms with Gasteiger partial charge in [-0.2, -0.15) is 0 Å². The van der Waals surface area contributed by atoms with Gasteiger partial charge in [-0.3, -0.25) is 5.32 Å². The van der Waals surface area contributed by atoms with E-state index in [2.05, 4.69) is 45.3 Å². The van der Waals surface area contributed by atoms with Crippen molar-refractivity contribution in [3.63, 3.8) is 0 Å². The first-order chi connectivity index (χ1) is 5.93. The maximum atomic E-state index is 3.44. The highest BCUT2D eigenvalue weighted by Crippen LogP contribution is 2.30. The number of hydrogen-bond donors (Lipinski definition) is 2. The van der Waals surface area contributed by atoms with Crippen LogP contribution in [0.4, 0.5) is 0 Å². The average molecular weight is 182 g/mol. The van der Waals surface area contributed by atoms with Crippen LogP contribution >= 0.6 is 0 Å². The van der Waals surface area contributed by atoms with Gasteiger partial charge in [0.2, 0.25) is 0 Å². The standard InChI is InChI=1S/C11H22N2/c1-8(2)10-9(11(3,4)5)6-12-7-13-10/h8,12-13H,6-7H2,1-5H3. The van der Waals surface area contributed by atoms with E-state index in [0.29, 0.717) is 5.92 Å². The fourth-order valence-corrected chi connectivity index (χ4v) is 1.77. The van der Waals surface area contributed by atoms with Crippen LogP contribution in [0.5, 0.6) is 0 Å². The first-order valence-electron chi connectivity index (χ1n) is 5.11. The lowest BCUT2D eigenvalue weighted by molar-refractivity contribution is 0.425. The third kappa shape index (κ3) is 2.47. The molecule has 0 unspecified atom stereocenters. The molecule has 2 heteroatoms. The third-order valence-corrected chi connectivity index (χ3v) is 2.51. The van der Waals surface area contributed by atoms with Crippen LogP contribution in [-0.4, -0.2) is 13.2 Å². The second-order valence-corrected chi connectivity index (χ2v) is 5.08. The molecule has 1 aliphatic heterocycles. The number of nitrogens with one attached hydrogen (secondary N) is 2. The summed E-state index contributed by atoms with van der Waals surface area (Å²) in [5, 5.41) is 6.80. The van der Waals surface area contributed by atoms with E-state index in [1.54, 1.807) is 0 Å². The summed E-state index contributed by atoms with van der Waals surface area (Å²) in [5.74, 6) is 0.608. The first-order valence-corrected chi connectivity index (χ1v) is 5.11. The molecular formula is C11H22N2. The summed E-state index contributed by atoms with van der Waals surface area (Å²) in [5.41, 5.74) is 3.24. The Bertz CT molecular complexity index is 209. The molecule has 0 bridgehead atoms. The van der Waals surface area contributed by atoms with Crippen molar-refractivity contribution in [2.45, 2.75) is 34.6 Å². The summed E-state index contributed by atoms with van der Waals surface area (Å²) in [7, 11) is 0. The molecule has 0 spiro atoms. The minimum atomic E-state index is 0.278. The predicted octanol–water partition coefficient (Wildman–Crippen LogP) is 2.09. The number of allylic oxidation sites excluding steroid dienone is 1. The van der Waals surface area contributed by atoms with Crippen LogP contribution in [0.2, 0.25) is 0 Å². The van der Waals surface area contributed by atoms with Crippen LogP contribution in [0.15, 0.2) is 11.3 Å². The first kappa shape index (κ1) is 10.6. The van der Waals surface area contributed by atoms with Gasteiger partial charge in [-0.05, 0) is 16.9 Å². The summed E-state index contributed by atoms with van der Waals surface area (Å²) in [6.45, 7) is 13.3. The van der Waals surface area contributed by atoms with Gasteiger partial charge in [0.25, 0.3) is 0 Å². The lowest BCUT2D eigenvalue weighted by Crippen LogP contribution is -2.41. The predicted molar refractivity (Wildman–Crippen MR) is 57.3 cm³/mol. The van der Waals surface area contributed by atoms with Crippen molar-refractivity contribution in [3.05, 3.63) is 11.3 Å². The molecule has 0 saturated carbocycles. The molecule has 0 saturated heterocycles. The monoisotopic (exact) mass is 182 g/mol. The Hall–Kier alpha value is -0.500. The van der Waals surface area contributed by atoms with Crippen LogP contribution in [0, 0.1) is 11.3 Å². The topological polar surface area (TPSA) is 24.1 Å². The Labute approximate surface area is 81.8 Å². The SMILES string of the molecule is CC(C)C1=C(C(C)(C)C)CNCN1. The van der Waals surface area contributed by atoms with Crippen molar-refractivity contribution in [3.8, 4) is 0 Å². The molecular weight excluding hydrogens is 160 g/mol. The third-order valence-electron chi connectivity index (χ3n) is 2.51. The lowest BCUT2D eigenvalue weighted by atomic mass is 9.82. The Kier molecular flexibility index (Phi) is 3.01. The van der Waals surface area contributed by atoms with Gasteiger partial charge in [-0.15, -0.1) is 0 Å². The van der Waals surface area contributed by atoms with Gasteiger partial charge in [0.05, 0.1) is 6.67 Å². The van der Waals surface area contributed by atoms with E-state index in [4.69, 9.17) is 0 Å². The Morgan fingerprint density at radius 2 is 1.85 bits per heavy atom. The van der Waals surface area contributed by atoms with Gasteiger partial charge in [0.15, 0.2) is 0 Å². The molecule has 1 heterocycles. The minimum Gasteiger partial charge on any atom is -0.376 e. The second-order valence-electron chi connectivity index (χ2n) is 5.08. The molecule has 1 aliphatic rings. The number of hydrogen-bond acceptors (Lipinski definition) is 2. The van der Waals surface area contributed by atoms with Gasteiger partial charge < -0.3 is 5.32 Å². The van der Waals surface area contributed by atoms with Crippen LogP contribution in [0.3, 0.4) is 0 Å². The zero-order chi connectivity index (χ0) is 10.1. The summed E-state index contributed by atoms with van der Waals surface area (Å²) in [6, 6.07) is 0. The zero-order valence-electron chi connectivity index (χ0n) is 9.49. The maximum Gasteiger partial charge on any atom is 0.0652 e. The molecule has 0 aliphatic carbocycles. The quantitative estimate of drug-likeness (QED) is 0.649. The maximum absolute atomic E-state index is 3.44. The fraction of sp³-hybridized carbons (Fsp3) is 0.818. The highest BCUT2D eigenvalue weighted by molar-refractivity contribution is 5.23. The van der Waals surface area contributed by atoms with Gasteiger partial charge >= 0.3 is 0 Å². The van der Waals surface area contributed by atoms with E-state index in [0.717, 1.165) is 13.2 Å². The molecule has 2 nitrogen and oxygen atoms in total. The van der Waals surface area contributed by atoms with E-state index in [9.17, 15) is 0 Å². The van der Waals surface area contributed by atoms with Crippen molar-refractivity contribution in [2.24, 2.45) is 11.3 Å². The Balaban J connectivity index is 2.97. The molecule has 0 atom stereocenters. The molecule has 0 fully saturated rings. The van der Waals surface area contributed by atoms with Gasteiger partial charge in [0, 0.05) is 12.2 Å². The van der Waals surface area contributed by atoms with E-state index in [1.807, 2.05) is 0 Å². The molecule has 0 amide bonds. The van der Waals surface area contributed by atoms with Crippen LogP contribution in [-0.2, 0) is 0 Å². The molecule has 0 aromatic carbocycles. The van der Waals surface area contributed by atoms with E-state index in [1.165, 1.54) is 11.3 Å². The summed E-state index contributed by atoms with van der Waals surface area (Å²) >= 11 is 0. The Morgan fingerprint density at radius 3 is 2.23 bits per heavy atom. The van der Waals surface area contributed by atoms with Crippen molar-refractivity contribution < 1.29 is 0 Å². The summed E-state index contributed by atoms with van der Waals surface area (Å²) in [4.78, 5) is 0. The highest BCUT2D eigenvalue weighted by Gasteiger charge is 2.24.